The lowest BCUT2D eigenvalue weighted by molar-refractivity contribution is 0.594. The lowest BCUT2D eigenvalue weighted by Crippen LogP contribution is -2.08. The summed E-state index contributed by atoms with van der Waals surface area (Å²) in [6.07, 6.45) is 1.17. The molecule has 0 radical (unpaired) electrons. The van der Waals surface area contributed by atoms with Gasteiger partial charge in [-0.25, -0.2) is 0 Å². The van der Waals surface area contributed by atoms with E-state index < -0.39 is 0 Å². The van der Waals surface area contributed by atoms with Crippen molar-refractivity contribution in [3.63, 3.8) is 0 Å². The van der Waals surface area contributed by atoms with E-state index in [2.05, 4.69) is 50.1 Å². The third-order valence-corrected chi connectivity index (χ3v) is 2.43. The number of aromatic nitrogens is 1. The molecule has 1 heterocycles. The molecule has 1 aromatic heterocycles. The van der Waals surface area contributed by atoms with E-state index in [1.165, 1.54) is 17.8 Å². The van der Waals surface area contributed by atoms with E-state index in [9.17, 15) is 0 Å². The van der Waals surface area contributed by atoms with Crippen LogP contribution in [-0.2, 0) is 13.0 Å². The maximum absolute atomic E-state index is 4.27. The maximum atomic E-state index is 4.27. The SMILES string of the molecule is Cc1ccc(CC(C)C)n1CCS. The van der Waals surface area contributed by atoms with E-state index in [4.69, 9.17) is 0 Å². The Bertz CT molecular complexity index is 263. The lowest BCUT2D eigenvalue weighted by atomic mass is 10.1. The number of hydrogen-bond donors (Lipinski definition) is 1. The predicted octanol–water partition coefficient (Wildman–Crippen LogP) is 2.92. The second kappa shape index (κ2) is 4.75. The molecule has 1 nitrogen and oxygen atoms in total. The zero-order chi connectivity index (χ0) is 9.84. The summed E-state index contributed by atoms with van der Waals surface area (Å²) < 4.78 is 2.37. The minimum Gasteiger partial charge on any atom is -0.348 e. The molecule has 0 amide bonds. The topological polar surface area (TPSA) is 4.93 Å². The molecule has 0 bridgehead atoms. The molecule has 0 saturated heterocycles. The van der Waals surface area contributed by atoms with Crippen molar-refractivity contribution in [3.05, 3.63) is 23.5 Å². The van der Waals surface area contributed by atoms with Crippen LogP contribution in [0.5, 0.6) is 0 Å². The van der Waals surface area contributed by atoms with Gasteiger partial charge in [0.1, 0.15) is 0 Å². The lowest BCUT2D eigenvalue weighted by Gasteiger charge is -2.11. The molecule has 0 aliphatic carbocycles. The third kappa shape index (κ3) is 2.80. The Balaban J connectivity index is 2.80. The summed E-state index contributed by atoms with van der Waals surface area (Å²) in [4.78, 5) is 0. The minimum absolute atomic E-state index is 0.730. The Morgan fingerprint density at radius 3 is 2.62 bits per heavy atom. The predicted molar refractivity (Wildman–Crippen MR) is 61.6 cm³/mol. The Kier molecular flexibility index (Phi) is 3.91. The fourth-order valence-electron chi connectivity index (χ4n) is 1.64. The molecule has 0 fully saturated rings. The molecule has 0 spiro atoms. The summed E-state index contributed by atoms with van der Waals surface area (Å²) >= 11 is 4.27. The smallest absolute Gasteiger partial charge is 0.0313 e. The van der Waals surface area contributed by atoms with Gasteiger partial charge in [0, 0.05) is 23.7 Å². The summed E-state index contributed by atoms with van der Waals surface area (Å²) in [5.74, 6) is 1.65. The van der Waals surface area contributed by atoms with Gasteiger partial charge in [-0.2, -0.15) is 12.6 Å². The highest BCUT2D eigenvalue weighted by Gasteiger charge is 2.05. The number of hydrogen-bond acceptors (Lipinski definition) is 1. The van der Waals surface area contributed by atoms with Crippen molar-refractivity contribution in [2.75, 3.05) is 5.75 Å². The third-order valence-electron chi connectivity index (χ3n) is 2.23. The highest BCUT2D eigenvalue weighted by atomic mass is 32.1. The Morgan fingerprint density at radius 1 is 1.38 bits per heavy atom. The van der Waals surface area contributed by atoms with Gasteiger partial charge in [-0.05, 0) is 31.4 Å². The molecule has 0 aliphatic heterocycles. The molecule has 13 heavy (non-hydrogen) atoms. The fourth-order valence-corrected chi connectivity index (χ4v) is 1.84. The zero-order valence-corrected chi connectivity index (χ0v) is 9.64. The van der Waals surface area contributed by atoms with Crippen LogP contribution in [0.3, 0.4) is 0 Å². The molecule has 0 saturated carbocycles. The quantitative estimate of drug-likeness (QED) is 0.708. The Hall–Kier alpha value is -0.370. The van der Waals surface area contributed by atoms with Crippen LogP contribution in [0.2, 0.25) is 0 Å². The van der Waals surface area contributed by atoms with Crippen LogP contribution in [0.4, 0.5) is 0 Å². The van der Waals surface area contributed by atoms with Crippen LogP contribution in [0.1, 0.15) is 25.2 Å². The summed E-state index contributed by atoms with van der Waals surface area (Å²) in [5, 5.41) is 0. The number of aryl methyl sites for hydroxylation is 1. The van der Waals surface area contributed by atoms with E-state index in [0.717, 1.165) is 18.2 Å². The molecule has 1 rings (SSSR count). The van der Waals surface area contributed by atoms with Crippen molar-refractivity contribution in [2.45, 2.75) is 33.7 Å². The van der Waals surface area contributed by atoms with Crippen LogP contribution < -0.4 is 0 Å². The summed E-state index contributed by atoms with van der Waals surface area (Å²) in [6.45, 7) is 7.71. The van der Waals surface area contributed by atoms with Crippen molar-refractivity contribution >= 4 is 12.6 Å². The van der Waals surface area contributed by atoms with E-state index in [1.807, 2.05) is 0 Å². The normalized spacial score (nSPS) is 11.2. The highest BCUT2D eigenvalue weighted by Crippen LogP contribution is 2.13. The molecular formula is C11H19NS. The molecule has 74 valence electrons. The van der Waals surface area contributed by atoms with Gasteiger partial charge in [-0.1, -0.05) is 13.8 Å². The first kappa shape index (κ1) is 10.7. The molecule has 0 aliphatic rings. The molecule has 0 atom stereocenters. The van der Waals surface area contributed by atoms with E-state index >= 15 is 0 Å². The van der Waals surface area contributed by atoms with Gasteiger partial charge in [0.05, 0.1) is 0 Å². The first-order chi connectivity index (χ1) is 6.15. The summed E-state index contributed by atoms with van der Waals surface area (Å²) in [7, 11) is 0. The van der Waals surface area contributed by atoms with E-state index in [0.29, 0.717) is 0 Å². The standard InChI is InChI=1S/C11H19NS/c1-9(2)8-11-5-4-10(3)12(11)6-7-13/h4-5,9,13H,6-8H2,1-3H3. The zero-order valence-electron chi connectivity index (χ0n) is 8.75. The van der Waals surface area contributed by atoms with Gasteiger partial charge < -0.3 is 4.57 Å². The van der Waals surface area contributed by atoms with Crippen LogP contribution in [0.25, 0.3) is 0 Å². The minimum atomic E-state index is 0.730. The van der Waals surface area contributed by atoms with Crippen LogP contribution in [-0.4, -0.2) is 10.3 Å². The van der Waals surface area contributed by atoms with Crippen LogP contribution >= 0.6 is 12.6 Å². The molecule has 0 N–H and O–H groups in total. The summed E-state index contributed by atoms with van der Waals surface area (Å²) in [6, 6.07) is 4.43. The molecule has 0 unspecified atom stereocenters. The van der Waals surface area contributed by atoms with Crippen LogP contribution in [0, 0.1) is 12.8 Å². The van der Waals surface area contributed by atoms with E-state index in [-0.39, 0.29) is 0 Å². The molecule has 0 aromatic carbocycles. The molecule has 2 heteroatoms. The average molecular weight is 197 g/mol. The van der Waals surface area contributed by atoms with Crippen molar-refractivity contribution in [3.8, 4) is 0 Å². The van der Waals surface area contributed by atoms with Gasteiger partial charge in [-0.15, -0.1) is 0 Å². The van der Waals surface area contributed by atoms with Gasteiger partial charge in [0.25, 0.3) is 0 Å². The van der Waals surface area contributed by atoms with Crippen molar-refractivity contribution in [2.24, 2.45) is 5.92 Å². The monoisotopic (exact) mass is 197 g/mol. The second-order valence-corrected chi connectivity index (χ2v) is 4.39. The molecule has 1 aromatic rings. The van der Waals surface area contributed by atoms with Crippen LogP contribution in [0.15, 0.2) is 12.1 Å². The Labute approximate surface area is 86.6 Å². The van der Waals surface area contributed by atoms with Gasteiger partial charge in [-0.3, -0.25) is 0 Å². The molecular weight excluding hydrogens is 178 g/mol. The number of nitrogens with zero attached hydrogens (tertiary/aromatic N) is 1. The van der Waals surface area contributed by atoms with Gasteiger partial charge in [0.15, 0.2) is 0 Å². The number of thiol groups is 1. The number of rotatable bonds is 4. The Morgan fingerprint density at radius 2 is 2.08 bits per heavy atom. The van der Waals surface area contributed by atoms with Gasteiger partial charge >= 0.3 is 0 Å². The maximum Gasteiger partial charge on any atom is 0.0313 e. The first-order valence-electron chi connectivity index (χ1n) is 4.91. The van der Waals surface area contributed by atoms with Crippen molar-refractivity contribution in [1.29, 1.82) is 0 Å². The average Bonchev–Trinajstić information content (AvgIpc) is 2.35. The largest absolute Gasteiger partial charge is 0.348 e. The summed E-state index contributed by atoms with van der Waals surface area (Å²) in [5.41, 5.74) is 2.80. The van der Waals surface area contributed by atoms with Crippen molar-refractivity contribution < 1.29 is 0 Å². The second-order valence-electron chi connectivity index (χ2n) is 3.94. The van der Waals surface area contributed by atoms with E-state index in [1.54, 1.807) is 0 Å². The fraction of sp³-hybridized carbons (Fsp3) is 0.636. The van der Waals surface area contributed by atoms with Crippen molar-refractivity contribution in [1.82, 2.24) is 4.57 Å². The first-order valence-corrected chi connectivity index (χ1v) is 5.54. The van der Waals surface area contributed by atoms with Gasteiger partial charge in [0.2, 0.25) is 0 Å². The highest BCUT2D eigenvalue weighted by molar-refractivity contribution is 7.80.